The monoisotopic (exact) mass is 404 g/mol. The maximum atomic E-state index is 12.8. The van der Waals surface area contributed by atoms with Gasteiger partial charge in [-0.2, -0.15) is 5.26 Å². The normalized spacial score (nSPS) is 11.2. The highest BCUT2D eigenvalue weighted by Crippen LogP contribution is 2.27. The van der Waals surface area contributed by atoms with Crippen LogP contribution < -0.4 is 5.32 Å². The van der Waals surface area contributed by atoms with Gasteiger partial charge in [0.05, 0.1) is 17.2 Å². The molecule has 0 saturated carbocycles. The number of esters is 1. The van der Waals surface area contributed by atoms with Gasteiger partial charge in [0.25, 0.3) is 5.91 Å². The molecule has 5 nitrogen and oxygen atoms in total. The second kappa shape index (κ2) is 9.05. The van der Waals surface area contributed by atoms with E-state index >= 15 is 0 Å². The molecular formula is C23H17ClN2O3. The van der Waals surface area contributed by atoms with Crippen LogP contribution in [-0.4, -0.2) is 18.0 Å². The van der Waals surface area contributed by atoms with Gasteiger partial charge in [0.2, 0.25) is 0 Å². The predicted molar refractivity (Wildman–Crippen MR) is 112 cm³/mol. The summed E-state index contributed by atoms with van der Waals surface area (Å²) < 4.78 is 5.37. The molecule has 0 aliphatic heterocycles. The molecule has 0 spiro atoms. The van der Waals surface area contributed by atoms with Crippen LogP contribution in [0.25, 0.3) is 11.1 Å². The van der Waals surface area contributed by atoms with Crippen molar-refractivity contribution in [3.05, 3.63) is 88.9 Å². The van der Waals surface area contributed by atoms with E-state index in [1.54, 1.807) is 72.8 Å². The van der Waals surface area contributed by atoms with Crippen LogP contribution in [0.3, 0.4) is 0 Å². The lowest BCUT2D eigenvalue weighted by molar-refractivity contribution is -0.123. The van der Waals surface area contributed by atoms with Crippen LogP contribution in [0, 0.1) is 11.3 Å². The molecule has 1 amide bonds. The molecule has 1 N–H and O–H groups in total. The van der Waals surface area contributed by atoms with E-state index in [0.717, 1.165) is 0 Å². The first kappa shape index (κ1) is 20.1. The minimum absolute atomic E-state index is 0.276. The van der Waals surface area contributed by atoms with Crippen molar-refractivity contribution in [3.8, 4) is 17.2 Å². The summed E-state index contributed by atoms with van der Waals surface area (Å²) in [6, 6.07) is 22.6. The van der Waals surface area contributed by atoms with Gasteiger partial charge in [0, 0.05) is 16.3 Å². The Labute approximate surface area is 173 Å². The van der Waals surface area contributed by atoms with Gasteiger partial charge in [-0.15, -0.1) is 0 Å². The smallest absolute Gasteiger partial charge is 0.339 e. The van der Waals surface area contributed by atoms with Gasteiger partial charge in [-0.3, -0.25) is 4.79 Å². The molecule has 0 bridgehead atoms. The van der Waals surface area contributed by atoms with Crippen molar-refractivity contribution in [3.63, 3.8) is 0 Å². The number of nitrogens with one attached hydrogen (secondary N) is 1. The van der Waals surface area contributed by atoms with Crippen LogP contribution in [0.5, 0.6) is 0 Å². The molecule has 0 unspecified atom stereocenters. The largest absolute Gasteiger partial charge is 0.449 e. The fourth-order valence-electron chi connectivity index (χ4n) is 2.80. The molecule has 0 fully saturated rings. The minimum atomic E-state index is -1.03. The van der Waals surface area contributed by atoms with Gasteiger partial charge in [-0.1, -0.05) is 54.1 Å². The lowest BCUT2D eigenvalue weighted by Gasteiger charge is -2.15. The zero-order valence-electron chi connectivity index (χ0n) is 15.6. The summed E-state index contributed by atoms with van der Waals surface area (Å²) >= 11 is 5.91. The van der Waals surface area contributed by atoms with Crippen LogP contribution >= 0.6 is 11.6 Å². The molecule has 0 radical (unpaired) electrons. The highest BCUT2D eigenvalue weighted by molar-refractivity contribution is 6.30. The summed E-state index contributed by atoms with van der Waals surface area (Å²) in [7, 11) is 0. The Morgan fingerprint density at radius 2 is 1.69 bits per heavy atom. The summed E-state index contributed by atoms with van der Waals surface area (Å²) in [5.41, 5.74) is 2.42. The second-order valence-corrected chi connectivity index (χ2v) is 6.69. The quantitative estimate of drug-likeness (QED) is 0.602. The van der Waals surface area contributed by atoms with E-state index in [4.69, 9.17) is 16.3 Å². The van der Waals surface area contributed by atoms with Crippen molar-refractivity contribution in [1.82, 2.24) is 0 Å². The highest BCUT2D eigenvalue weighted by atomic mass is 35.5. The topological polar surface area (TPSA) is 79.2 Å². The van der Waals surface area contributed by atoms with Crippen molar-refractivity contribution in [1.29, 1.82) is 5.26 Å². The van der Waals surface area contributed by atoms with Crippen LogP contribution in [-0.2, 0) is 9.53 Å². The Bertz CT molecular complexity index is 1110. The van der Waals surface area contributed by atoms with Crippen LogP contribution in [0.2, 0.25) is 5.02 Å². The van der Waals surface area contributed by atoms with Crippen LogP contribution in [0.1, 0.15) is 22.8 Å². The third kappa shape index (κ3) is 4.81. The van der Waals surface area contributed by atoms with E-state index in [9.17, 15) is 14.9 Å². The summed E-state index contributed by atoms with van der Waals surface area (Å²) in [4.78, 5) is 25.1. The van der Waals surface area contributed by atoms with Crippen molar-refractivity contribution >= 4 is 29.2 Å². The van der Waals surface area contributed by atoms with Crippen molar-refractivity contribution in [2.24, 2.45) is 0 Å². The van der Waals surface area contributed by atoms with Gasteiger partial charge in [-0.25, -0.2) is 4.79 Å². The van der Waals surface area contributed by atoms with E-state index in [2.05, 4.69) is 11.4 Å². The Morgan fingerprint density at radius 1 is 1.00 bits per heavy atom. The lowest BCUT2D eigenvalue weighted by Crippen LogP contribution is -2.30. The average molecular weight is 405 g/mol. The maximum absolute atomic E-state index is 12.8. The third-order valence-electron chi connectivity index (χ3n) is 4.23. The predicted octanol–water partition coefficient (Wildman–Crippen LogP) is 5.06. The van der Waals surface area contributed by atoms with E-state index < -0.39 is 18.0 Å². The number of anilines is 1. The molecular weight excluding hydrogens is 388 g/mol. The number of nitrogens with zero attached hydrogens (tertiary/aromatic N) is 1. The number of halogens is 1. The summed E-state index contributed by atoms with van der Waals surface area (Å²) in [6.45, 7) is 1.49. The Hall–Kier alpha value is -3.62. The Kier molecular flexibility index (Phi) is 6.28. The van der Waals surface area contributed by atoms with Crippen molar-refractivity contribution in [2.75, 3.05) is 5.32 Å². The first-order valence-corrected chi connectivity index (χ1v) is 9.23. The first-order valence-electron chi connectivity index (χ1n) is 8.85. The number of nitriles is 1. The average Bonchev–Trinajstić information content (AvgIpc) is 2.73. The fourth-order valence-corrected chi connectivity index (χ4v) is 2.99. The molecule has 3 aromatic carbocycles. The number of hydrogen-bond acceptors (Lipinski definition) is 4. The molecule has 0 aromatic heterocycles. The zero-order chi connectivity index (χ0) is 20.8. The van der Waals surface area contributed by atoms with Gasteiger partial charge >= 0.3 is 5.97 Å². The number of benzene rings is 3. The zero-order valence-corrected chi connectivity index (χ0v) is 16.3. The van der Waals surface area contributed by atoms with Crippen molar-refractivity contribution in [2.45, 2.75) is 13.0 Å². The lowest BCUT2D eigenvalue weighted by atomic mass is 9.96. The van der Waals surface area contributed by atoms with E-state index in [-0.39, 0.29) is 5.56 Å². The number of hydrogen-bond donors (Lipinski definition) is 1. The second-order valence-electron chi connectivity index (χ2n) is 6.25. The number of rotatable bonds is 5. The SMILES string of the molecule is C[C@H](OC(=O)c1ccccc1-c1ccccc1C#N)C(=O)Nc1cccc(Cl)c1. The summed E-state index contributed by atoms with van der Waals surface area (Å²) in [6.07, 6.45) is -1.03. The molecule has 3 aromatic rings. The summed E-state index contributed by atoms with van der Waals surface area (Å²) in [5.74, 6) is -1.13. The minimum Gasteiger partial charge on any atom is -0.449 e. The van der Waals surface area contributed by atoms with E-state index in [1.807, 2.05) is 0 Å². The molecule has 144 valence electrons. The molecule has 3 rings (SSSR count). The Balaban J connectivity index is 1.79. The molecule has 0 heterocycles. The van der Waals surface area contributed by atoms with Gasteiger partial charge < -0.3 is 10.1 Å². The molecule has 0 aliphatic rings. The van der Waals surface area contributed by atoms with Crippen LogP contribution in [0.15, 0.2) is 72.8 Å². The van der Waals surface area contributed by atoms with Gasteiger partial charge in [0.1, 0.15) is 0 Å². The van der Waals surface area contributed by atoms with E-state index in [1.165, 1.54) is 6.92 Å². The number of carbonyl (C=O) groups is 2. The number of amides is 1. The molecule has 1 atom stereocenters. The molecule has 0 aliphatic carbocycles. The maximum Gasteiger partial charge on any atom is 0.339 e. The van der Waals surface area contributed by atoms with Crippen molar-refractivity contribution < 1.29 is 14.3 Å². The molecule has 0 saturated heterocycles. The highest BCUT2D eigenvalue weighted by Gasteiger charge is 2.22. The number of ether oxygens (including phenoxy) is 1. The number of carbonyl (C=O) groups excluding carboxylic acids is 2. The summed E-state index contributed by atoms with van der Waals surface area (Å²) in [5, 5.41) is 12.5. The first-order chi connectivity index (χ1) is 14.0. The third-order valence-corrected chi connectivity index (χ3v) is 4.46. The molecule has 29 heavy (non-hydrogen) atoms. The van der Waals surface area contributed by atoms with Gasteiger partial charge in [0.15, 0.2) is 6.10 Å². The van der Waals surface area contributed by atoms with Crippen LogP contribution in [0.4, 0.5) is 5.69 Å². The molecule has 6 heteroatoms. The Morgan fingerprint density at radius 3 is 2.41 bits per heavy atom. The van der Waals surface area contributed by atoms with Gasteiger partial charge in [-0.05, 0) is 42.8 Å². The van der Waals surface area contributed by atoms with E-state index in [0.29, 0.717) is 27.4 Å². The fraction of sp³-hybridized carbons (Fsp3) is 0.0870. The standard InChI is InChI=1S/C23H17ClN2O3/c1-15(22(27)26-18-9-6-8-17(24)13-18)29-23(28)21-12-5-4-11-20(21)19-10-3-2-7-16(19)14-25/h2-13,15H,1H3,(H,26,27)/t15-/m0/s1.